The summed E-state index contributed by atoms with van der Waals surface area (Å²) in [6.45, 7) is 2.37. The van der Waals surface area contributed by atoms with E-state index in [2.05, 4.69) is 10.6 Å². The summed E-state index contributed by atoms with van der Waals surface area (Å²) in [7, 11) is 1.52. The van der Waals surface area contributed by atoms with Crippen molar-refractivity contribution in [3.8, 4) is 0 Å². The van der Waals surface area contributed by atoms with E-state index in [-0.39, 0.29) is 18.3 Å². The number of hydrogen-bond donors (Lipinski definition) is 2. The number of rotatable bonds is 5. The van der Waals surface area contributed by atoms with Gasteiger partial charge in [0.15, 0.2) is 0 Å². The Kier molecular flexibility index (Phi) is 5.46. The van der Waals surface area contributed by atoms with Crippen LogP contribution in [0, 0.1) is 5.82 Å². The molecule has 0 radical (unpaired) electrons. The minimum Gasteiger partial charge on any atom is -0.380 e. The van der Waals surface area contributed by atoms with Crippen molar-refractivity contribution >= 4 is 5.91 Å². The van der Waals surface area contributed by atoms with Gasteiger partial charge in [-0.3, -0.25) is 4.79 Å². The summed E-state index contributed by atoms with van der Waals surface area (Å²) in [5, 5.41) is 5.89. The molecule has 0 aromatic heterocycles. The van der Waals surface area contributed by atoms with Crippen LogP contribution in [-0.2, 0) is 27.4 Å². The number of methoxy groups -OCH3 is 1. The fraction of sp³-hybridized carbons (Fsp3) is 0.500. The Labute approximate surface area is 117 Å². The van der Waals surface area contributed by atoms with Crippen LogP contribution in [-0.4, -0.2) is 38.8 Å². The highest BCUT2D eigenvalue weighted by Gasteiger charge is 2.21. The number of nitrogens with one attached hydrogen (secondary N) is 2. The molecule has 0 aliphatic carbocycles. The molecule has 1 heterocycles. The van der Waals surface area contributed by atoms with Crippen molar-refractivity contribution in [1.82, 2.24) is 10.6 Å². The van der Waals surface area contributed by atoms with Gasteiger partial charge in [-0.15, -0.1) is 0 Å². The van der Waals surface area contributed by atoms with Crippen molar-refractivity contribution in [3.63, 3.8) is 0 Å². The SMILES string of the molecule is COCc1cc(CNC(=O)[C@H]2CNCCO2)ccc1F. The molecular formula is C14H19FN2O3. The molecule has 1 aromatic rings. The molecule has 2 N–H and O–H groups in total. The van der Waals surface area contributed by atoms with Crippen molar-refractivity contribution in [3.05, 3.63) is 35.1 Å². The highest BCUT2D eigenvalue weighted by atomic mass is 19.1. The first-order chi connectivity index (χ1) is 9.70. The molecule has 0 spiro atoms. The predicted molar refractivity (Wildman–Crippen MR) is 71.6 cm³/mol. The summed E-state index contributed by atoms with van der Waals surface area (Å²) >= 11 is 0. The van der Waals surface area contributed by atoms with Gasteiger partial charge in [0.1, 0.15) is 11.9 Å². The van der Waals surface area contributed by atoms with Crippen LogP contribution >= 0.6 is 0 Å². The zero-order chi connectivity index (χ0) is 14.4. The third-order valence-electron chi connectivity index (χ3n) is 3.10. The number of carbonyl (C=O) groups is 1. The summed E-state index contributed by atoms with van der Waals surface area (Å²) < 4.78 is 23.7. The predicted octanol–water partition coefficient (Wildman–Crippen LogP) is 0.577. The molecule has 110 valence electrons. The quantitative estimate of drug-likeness (QED) is 0.829. The van der Waals surface area contributed by atoms with Gasteiger partial charge >= 0.3 is 0 Å². The Morgan fingerprint density at radius 2 is 2.45 bits per heavy atom. The normalized spacial score (nSPS) is 18.8. The molecule has 1 aromatic carbocycles. The highest BCUT2D eigenvalue weighted by Crippen LogP contribution is 2.11. The largest absolute Gasteiger partial charge is 0.380 e. The van der Waals surface area contributed by atoms with Gasteiger partial charge in [-0.25, -0.2) is 4.39 Å². The third kappa shape index (κ3) is 4.00. The van der Waals surface area contributed by atoms with Crippen molar-refractivity contribution in [2.75, 3.05) is 26.8 Å². The van der Waals surface area contributed by atoms with Crippen LogP contribution in [0.15, 0.2) is 18.2 Å². The molecule has 1 aliphatic rings. The number of halogens is 1. The van der Waals surface area contributed by atoms with E-state index in [1.807, 2.05) is 0 Å². The van der Waals surface area contributed by atoms with Crippen LogP contribution in [0.1, 0.15) is 11.1 Å². The minimum absolute atomic E-state index is 0.158. The molecule has 1 amide bonds. The molecule has 0 saturated carbocycles. The van der Waals surface area contributed by atoms with Gasteiger partial charge in [0.05, 0.1) is 13.2 Å². The second-order valence-electron chi connectivity index (χ2n) is 4.64. The van der Waals surface area contributed by atoms with E-state index in [0.717, 1.165) is 12.1 Å². The van der Waals surface area contributed by atoms with E-state index in [1.54, 1.807) is 12.1 Å². The summed E-state index contributed by atoms with van der Waals surface area (Å²) in [6.07, 6.45) is -0.456. The lowest BCUT2D eigenvalue weighted by Crippen LogP contribution is -2.47. The van der Waals surface area contributed by atoms with Gasteiger partial charge in [0.2, 0.25) is 0 Å². The molecule has 1 atom stereocenters. The van der Waals surface area contributed by atoms with E-state index in [0.29, 0.717) is 25.3 Å². The molecule has 1 saturated heterocycles. The Hall–Kier alpha value is -1.50. The first kappa shape index (κ1) is 14.9. The fourth-order valence-corrected chi connectivity index (χ4v) is 2.04. The van der Waals surface area contributed by atoms with Crippen molar-refractivity contribution in [1.29, 1.82) is 0 Å². The van der Waals surface area contributed by atoms with Gasteiger partial charge in [-0.2, -0.15) is 0 Å². The van der Waals surface area contributed by atoms with E-state index in [9.17, 15) is 9.18 Å². The second kappa shape index (κ2) is 7.33. The molecule has 0 unspecified atom stereocenters. The lowest BCUT2D eigenvalue weighted by Gasteiger charge is -2.22. The van der Waals surface area contributed by atoms with Crippen LogP contribution < -0.4 is 10.6 Å². The Morgan fingerprint density at radius 1 is 1.60 bits per heavy atom. The molecule has 1 fully saturated rings. The van der Waals surface area contributed by atoms with Crippen LogP contribution in [0.25, 0.3) is 0 Å². The smallest absolute Gasteiger partial charge is 0.250 e. The van der Waals surface area contributed by atoms with Crippen LogP contribution in [0.2, 0.25) is 0 Å². The van der Waals surface area contributed by atoms with Gasteiger partial charge in [0.25, 0.3) is 5.91 Å². The summed E-state index contributed by atoms with van der Waals surface area (Å²) in [5.74, 6) is -0.462. The zero-order valence-corrected chi connectivity index (χ0v) is 11.4. The standard InChI is InChI=1S/C14H19FN2O3/c1-19-9-11-6-10(2-3-12(11)15)7-17-14(18)13-8-16-4-5-20-13/h2-3,6,13,16H,4-5,7-9H2,1H3,(H,17,18)/t13-/m1/s1. The third-order valence-corrected chi connectivity index (χ3v) is 3.10. The summed E-state index contributed by atoms with van der Waals surface area (Å²) in [4.78, 5) is 11.9. The number of morpholine rings is 1. The Balaban J connectivity index is 1.89. The average Bonchev–Trinajstić information content (AvgIpc) is 2.49. The number of amides is 1. The Morgan fingerprint density at radius 3 is 3.15 bits per heavy atom. The number of hydrogen-bond acceptors (Lipinski definition) is 4. The van der Waals surface area contributed by atoms with E-state index in [4.69, 9.17) is 9.47 Å². The maximum Gasteiger partial charge on any atom is 0.250 e. The highest BCUT2D eigenvalue weighted by molar-refractivity contribution is 5.81. The number of ether oxygens (including phenoxy) is 2. The number of benzene rings is 1. The summed E-state index contributed by atoms with van der Waals surface area (Å²) in [5.41, 5.74) is 1.31. The minimum atomic E-state index is -0.456. The van der Waals surface area contributed by atoms with Crippen molar-refractivity contribution in [2.45, 2.75) is 19.3 Å². The van der Waals surface area contributed by atoms with Gasteiger partial charge in [-0.05, 0) is 17.7 Å². The summed E-state index contributed by atoms with van der Waals surface area (Å²) in [6, 6.07) is 4.72. The van der Waals surface area contributed by atoms with E-state index < -0.39 is 6.10 Å². The maximum absolute atomic E-state index is 13.5. The molecule has 2 rings (SSSR count). The molecule has 1 aliphatic heterocycles. The first-order valence-corrected chi connectivity index (χ1v) is 6.57. The van der Waals surface area contributed by atoms with Crippen LogP contribution in [0.4, 0.5) is 4.39 Å². The molecule has 0 bridgehead atoms. The Bertz CT molecular complexity index is 462. The molecule has 20 heavy (non-hydrogen) atoms. The van der Waals surface area contributed by atoms with Crippen LogP contribution in [0.5, 0.6) is 0 Å². The van der Waals surface area contributed by atoms with Gasteiger partial charge in [-0.1, -0.05) is 6.07 Å². The lowest BCUT2D eigenvalue weighted by atomic mass is 10.1. The molecule has 5 nitrogen and oxygen atoms in total. The molecule has 6 heteroatoms. The van der Waals surface area contributed by atoms with Crippen molar-refractivity contribution in [2.24, 2.45) is 0 Å². The van der Waals surface area contributed by atoms with E-state index in [1.165, 1.54) is 13.2 Å². The lowest BCUT2D eigenvalue weighted by molar-refractivity contribution is -0.134. The van der Waals surface area contributed by atoms with Crippen LogP contribution in [0.3, 0.4) is 0 Å². The number of carbonyl (C=O) groups excluding carboxylic acids is 1. The van der Waals surface area contributed by atoms with Crippen molar-refractivity contribution < 1.29 is 18.7 Å². The topological polar surface area (TPSA) is 59.6 Å². The zero-order valence-electron chi connectivity index (χ0n) is 11.4. The van der Waals surface area contributed by atoms with E-state index >= 15 is 0 Å². The average molecular weight is 282 g/mol. The van der Waals surface area contributed by atoms with Gasteiger partial charge in [0, 0.05) is 32.3 Å². The molecular weight excluding hydrogens is 263 g/mol. The fourth-order valence-electron chi connectivity index (χ4n) is 2.04. The monoisotopic (exact) mass is 282 g/mol. The first-order valence-electron chi connectivity index (χ1n) is 6.57. The van der Waals surface area contributed by atoms with Gasteiger partial charge < -0.3 is 20.1 Å². The second-order valence-corrected chi connectivity index (χ2v) is 4.64. The maximum atomic E-state index is 13.5.